The highest BCUT2D eigenvalue weighted by molar-refractivity contribution is 8.13. The normalized spacial score (nSPS) is 14.0. The topological polar surface area (TPSA) is 32.7 Å². The smallest absolute Gasteiger partial charge is 0.259 e. The van der Waals surface area contributed by atoms with Crippen LogP contribution >= 0.6 is 11.8 Å². The lowest BCUT2D eigenvalue weighted by atomic mass is 10.1. The number of nitrogens with zero attached hydrogens (tertiary/aromatic N) is 2. The molecule has 0 N–H and O–H groups in total. The Kier molecular flexibility index (Phi) is 4.76. The zero-order chi connectivity index (χ0) is 16.2. The van der Waals surface area contributed by atoms with Crippen LogP contribution in [0.4, 0.5) is 4.39 Å². The Hall–Kier alpha value is -2.14. The number of rotatable bonds is 3. The minimum atomic E-state index is -0.242. The fourth-order valence-corrected chi connectivity index (χ4v) is 3.32. The molecule has 1 aliphatic heterocycles. The summed E-state index contributed by atoms with van der Waals surface area (Å²) in [5.41, 5.74) is 2.81. The molecule has 0 radical (unpaired) electrons. The maximum Gasteiger partial charge on any atom is 0.259 e. The first-order valence-electron chi connectivity index (χ1n) is 7.44. The van der Waals surface area contributed by atoms with E-state index < -0.39 is 0 Å². The Bertz CT molecular complexity index is 726. The number of aliphatic imine (C=N–C) groups is 1. The van der Waals surface area contributed by atoms with Crippen molar-refractivity contribution in [2.24, 2.45) is 4.99 Å². The maximum absolute atomic E-state index is 12.9. The van der Waals surface area contributed by atoms with Crippen molar-refractivity contribution in [2.45, 2.75) is 12.7 Å². The molecular weight excluding hydrogens is 311 g/mol. The van der Waals surface area contributed by atoms with Crippen molar-refractivity contribution >= 4 is 22.8 Å². The van der Waals surface area contributed by atoms with Crippen molar-refractivity contribution in [3.8, 4) is 0 Å². The highest BCUT2D eigenvalue weighted by Gasteiger charge is 2.25. The zero-order valence-electron chi connectivity index (χ0n) is 12.8. The molecule has 1 heterocycles. The summed E-state index contributed by atoms with van der Waals surface area (Å²) in [6, 6.07) is 14.0. The van der Waals surface area contributed by atoms with Crippen LogP contribution in [0.3, 0.4) is 0 Å². The lowest BCUT2D eigenvalue weighted by molar-refractivity contribution is 0.0860. The third kappa shape index (κ3) is 3.79. The van der Waals surface area contributed by atoms with Gasteiger partial charge in [-0.2, -0.15) is 0 Å². The summed E-state index contributed by atoms with van der Waals surface area (Å²) in [5.74, 6) is 0.401. The molecule has 0 bridgehead atoms. The number of amides is 1. The van der Waals surface area contributed by atoms with Crippen molar-refractivity contribution in [3.05, 3.63) is 71.0 Å². The van der Waals surface area contributed by atoms with Crippen molar-refractivity contribution in [2.75, 3.05) is 13.1 Å². The number of halogens is 1. The highest BCUT2D eigenvalue weighted by Crippen LogP contribution is 2.21. The lowest BCUT2D eigenvalue weighted by Gasteiger charge is -2.18. The Labute approximate surface area is 139 Å². The second kappa shape index (κ2) is 6.96. The first-order valence-corrected chi connectivity index (χ1v) is 8.42. The van der Waals surface area contributed by atoms with Crippen LogP contribution in [0, 0.1) is 12.7 Å². The third-order valence-electron chi connectivity index (χ3n) is 3.63. The predicted molar refractivity (Wildman–Crippen MR) is 92.2 cm³/mol. The van der Waals surface area contributed by atoms with E-state index in [2.05, 4.69) is 4.99 Å². The number of hydrogen-bond acceptors (Lipinski definition) is 3. The summed E-state index contributed by atoms with van der Waals surface area (Å²) in [5, 5.41) is 0.736. The van der Waals surface area contributed by atoms with Crippen LogP contribution in [-0.4, -0.2) is 29.1 Å². The number of thioether (sulfide) groups is 1. The first kappa shape index (κ1) is 15.7. The van der Waals surface area contributed by atoms with Crippen LogP contribution in [0.1, 0.15) is 21.5 Å². The Morgan fingerprint density at radius 3 is 2.57 bits per heavy atom. The molecular formula is C18H17FN2OS. The van der Waals surface area contributed by atoms with Crippen molar-refractivity contribution in [3.63, 3.8) is 0 Å². The molecule has 2 aromatic rings. The number of carbonyl (C=O) groups is 1. The maximum atomic E-state index is 12.9. The molecule has 1 amide bonds. The predicted octanol–water partition coefficient (Wildman–Crippen LogP) is 3.88. The minimum Gasteiger partial charge on any atom is -0.286 e. The molecule has 5 heteroatoms. The average molecular weight is 328 g/mol. The van der Waals surface area contributed by atoms with Gasteiger partial charge in [0.1, 0.15) is 5.82 Å². The number of aryl methyl sites for hydroxylation is 1. The van der Waals surface area contributed by atoms with Crippen molar-refractivity contribution in [1.29, 1.82) is 0 Å². The molecule has 0 saturated heterocycles. The minimum absolute atomic E-state index is 0.0205. The van der Waals surface area contributed by atoms with E-state index in [1.165, 1.54) is 23.9 Å². The van der Waals surface area contributed by atoms with Gasteiger partial charge in [0.2, 0.25) is 0 Å². The molecule has 0 aliphatic carbocycles. The summed E-state index contributed by atoms with van der Waals surface area (Å²) in [6.45, 7) is 3.23. The Morgan fingerprint density at radius 1 is 1.17 bits per heavy atom. The lowest BCUT2D eigenvalue weighted by Crippen LogP contribution is -2.32. The van der Waals surface area contributed by atoms with Crippen molar-refractivity contribution in [1.82, 2.24) is 4.90 Å². The molecule has 2 aromatic carbocycles. The van der Waals surface area contributed by atoms with E-state index in [-0.39, 0.29) is 11.7 Å². The Balaban J connectivity index is 1.66. The van der Waals surface area contributed by atoms with Gasteiger partial charge in [0.15, 0.2) is 5.17 Å². The van der Waals surface area contributed by atoms with Crippen LogP contribution in [0.15, 0.2) is 53.5 Å². The number of amidine groups is 1. The SMILES string of the molecule is Cc1ccc(C(=O)N2CCN=C2SCc2ccc(F)cc2)cc1. The largest absolute Gasteiger partial charge is 0.286 e. The van der Waals surface area contributed by atoms with E-state index in [9.17, 15) is 9.18 Å². The van der Waals surface area contributed by atoms with Gasteiger partial charge in [0, 0.05) is 17.9 Å². The molecule has 0 atom stereocenters. The van der Waals surface area contributed by atoms with Gasteiger partial charge in [-0.1, -0.05) is 41.6 Å². The van der Waals surface area contributed by atoms with E-state index in [0.29, 0.717) is 24.4 Å². The molecule has 118 valence electrons. The van der Waals surface area contributed by atoms with Crippen LogP contribution in [0.2, 0.25) is 0 Å². The molecule has 0 unspecified atom stereocenters. The molecule has 3 rings (SSSR count). The molecule has 0 spiro atoms. The summed E-state index contributed by atoms with van der Waals surface area (Å²) in [7, 11) is 0. The fraction of sp³-hybridized carbons (Fsp3) is 0.222. The second-order valence-electron chi connectivity index (χ2n) is 5.40. The van der Waals surface area contributed by atoms with E-state index in [1.54, 1.807) is 17.0 Å². The second-order valence-corrected chi connectivity index (χ2v) is 6.34. The molecule has 23 heavy (non-hydrogen) atoms. The molecule has 0 fully saturated rings. The Morgan fingerprint density at radius 2 is 1.87 bits per heavy atom. The number of benzene rings is 2. The molecule has 3 nitrogen and oxygen atoms in total. The van der Waals surface area contributed by atoms with Gasteiger partial charge in [-0.15, -0.1) is 0 Å². The van der Waals surface area contributed by atoms with Gasteiger partial charge in [-0.05, 0) is 36.8 Å². The van der Waals surface area contributed by atoms with Crippen LogP contribution < -0.4 is 0 Å². The van der Waals surface area contributed by atoms with Gasteiger partial charge in [-0.25, -0.2) is 4.39 Å². The molecule has 0 saturated carbocycles. The van der Waals surface area contributed by atoms with Gasteiger partial charge in [0.25, 0.3) is 5.91 Å². The van der Waals surface area contributed by atoms with Gasteiger partial charge in [0.05, 0.1) is 6.54 Å². The number of hydrogen-bond donors (Lipinski definition) is 0. The summed E-state index contributed by atoms with van der Waals surface area (Å²) in [4.78, 5) is 18.8. The van der Waals surface area contributed by atoms with Crippen LogP contribution in [0.25, 0.3) is 0 Å². The standard InChI is InChI=1S/C18H17FN2OS/c1-13-2-6-15(7-3-13)17(22)21-11-10-20-18(21)23-12-14-4-8-16(19)9-5-14/h2-9H,10-12H2,1H3. The fourth-order valence-electron chi connectivity index (χ4n) is 2.32. The summed E-state index contributed by atoms with van der Waals surface area (Å²) in [6.07, 6.45) is 0. The van der Waals surface area contributed by atoms with Gasteiger partial charge in [-0.3, -0.25) is 14.7 Å². The van der Waals surface area contributed by atoms with Crippen LogP contribution in [-0.2, 0) is 5.75 Å². The molecule has 1 aliphatic rings. The van der Waals surface area contributed by atoms with Crippen LogP contribution in [0.5, 0.6) is 0 Å². The molecule has 0 aromatic heterocycles. The third-order valence-corrected chi connectivity index (χ3v) is 4.71. The van der Waals surface area contributed by atoms with Gasteiger partial charge >= 0.3 is 0 Å². The number of carbonyl (C=O) groups excluding carboxylic acids is 1. The summed E-state index contributed by atoms with van der Waals surface area (Å²) < 4.78 is 12.9. The quantitative estimate of drug-likeness (QED) is 0.856. The van der Waals surface area contributed by atoms with E-state index in [1.807, 2.05) is 31.2 Å². The first-order chi connectivity index (χ1) is 11.1. The van der Waals surface area contributed by atoms with Crippen molar-refractivity contribution < 1.29 is 9.18 Å². The highest BCUT2D eigenvalue weighted by atomic mass is 32.2. The average Bonchev–Trinajstić information content (AvgIpc) is 3.03. The van der Waals surface area contributed by atoms with Gasteiger partial charge < -0.3 is 0 Å². The van der Waals surface area contributed by atoms with E-state index >= 15 is 0 Å². The summed E-state index contributed by atoms with van der Waals surface area (Å²) >= 11 is 1.51. The van der Waals surface area contributed by atoms with E-state index in [4.69, 9.17) is 0 Å². The zero-order valence-corrected chi connectivity index (χ0v) is 13.6. The van der Waals surface area contributed by atoms with E-state index in [0.717, 1.165) is 16.3 Å². The monoisotopic (exact) mass is 328 g/mol.